The van der Waals surface area contributed by atoms with Gasteiger partial charge in [0.1, 0.15) is 11.9 Å². The van der Waals surface area contributed by atoms with E-state index in [-0.39, 0.29) is 10.8 Å². The number of nitrogens with zero attached hydrogens (tertiary/aromatic N) is 1. The van der Waals surface area contributed by atoms with E-state index >= 15 is 0 Å². The van der Waals surface area contributed by atoms with Crippen LogP contribution in [0.15, 0.2) is 35.7 Å². The summed E-state index contributed by atoms with van der Waals surface area (Å²) in [6.07, 6.45) is 0. The highest BCUT2D eigenvalue weighted by atomic mass is 35.5. The molecule has 0 radical (unpaired) electrons. The Labute approximate surface area is 114 Å². The molecule has 0 aliphatic heterocycles. The fourth-order valence-electron chi connectivity index (χ4n) is 1.51. The zero-order valence-electron chi connectivity index (χ0n) is 9.58. The van der Waals surface area contributed by atoms with Gasteiger partial charge in [0, 0.05) is 4.88 Å². The Bertz CT molecular complexity index is 638. The van der Waals surface area contributed by atoms with Crippen LogP contribution in [0, 0.1) is 24.1 Å². The number of hydrogen-bond donors (Lipinski definition) is 0. The molecule has 0 aliphatic rings. The van der Waals surface area contributed by atoms with E-state index in [0.717, 1.165) is 4.88 Å². The van der Waals surface area contributed by atoms with Crippen molar-refractivity contribution in [3.8, 4) is 6.07 Å². The minimum Gasteiger partial charge on any atom is -0.207 e. The van der Waals surface area contributed by atoms with Crippen LogP contribution in [0.25, 0.3) is 10.6 Å². The van der Waals surface area contributed by atoms with Crippen LogP contribution < -0.4 is 0 Å². The second kappa shape index (κ2) is 5.34. The average molecular weight is 278 g/mol. The molecule has 0 atom stereocenters. The molecule has 2 rings (SSSR count). The standard InChI is InChI=1S/C14H9ClFNS/c1-9-4-5-10(7-12(9)16)14(15)11(8-17)13-3-2-6-18-13/h2-7H,1H3. The lowest BCUT2D eigenvalue weighted by Crippen LogP contribution is -1.87. The molecule has 0 unspecified atom stereocenters. The molecule has 4 heteroatoms. The number of halogens is 2. The molecule has 0 saturated heterocycles. The molecule has 90 valence electrons. The van der Waals surface area contributed by atoms with Crippen molar-refractivity contribution in [3.63, 3.8) is 0 Å². The van der Waals surface area contributed by atoms with Crippen molar-refractivity contribution < 1.29 is 4.39 Å². The highest BCUT2D eigenvalue weighted by Gasteiger charge is 2.11. The Hall–Kier alpha value is -1.63. The highest BCUT2D eigenvalue weighted by Crippen LogP contribution is 2.32. The van der Waals surface area contributed by atoms with Gasteiger partial charge in [0.2, 0.25) is 0 Å². The minimum absolute atomic E-state index is 0.277. The summed E-state index contributed by atoms with van der Waals surface area (Å²) in [5, 5.41) is 11.3. The fraction of sp³-hybridized carbons (Fsp3) is 0.0714. The molecular formula is C14H9ClFNS. The molecule has 1 aromatic heterocycles. The number of allylic oxidation sites excluding steroid dienone is 1. The lowest BCUT2D eigenvalue weighted by molar-refractivity contribution is 0.618. The van der Waals surface area contributed by atoms with E-state index in [1.807, 2.05) is 17.5 Å². The predicted octanol–water partition coefficient (Wildman–Crippen LogP) is 4.83. The van der Waals surface area contributed by atoms with Crippen LogP contribution in [0.5, 0.6) is 0 Å². The normalized spacial score (nSPS) is 11.9. The smallest absolute Gasteiger partial charge is 0.126 e. The van der Waals surface area contributed by atoms with Gasteiger partial charge in [0.25, 0.3) is 0 Å². The lowest BCUT2D eigenvalue weighted by Gasteiger charge is -2.04. The largest absolute Gasteiger partial charge is 0.207 e. The first-order valence-electron chi connectivity index (χ1n) is 5.23. The Morgan fingerprint density at radius 3 is 2.72 bits per heavy atom. The number of hydrogen-bond acceptors (Lipinski definition) is 2. The lowest BCUT2D eigenvalue weighted by atomic mass is 10.1. The summed E-state index contributed by atoms with van der Waals surface area (Å²) in [5.74, 6) is -0.325. The van der Waals surface area contributed by atoms with E-state index < -0.39 is 0 Å². The predicted molar refractivity (Wildman–Crippen MR) is 73.7 cm³/mol. The molecule has 0 amide bonds. The first-order valence-corrected chi connectivity index (χ1v) is 6.49. The van der Waals surface area contributed by atoms with Crippen molar-refractivity contribution >= 4 is 33.5 Å². The first kappa shape index (κ1) is 12.8. The summed E-state index contributed by atoms with van der Waals surface area (Å²) in [4.78, 5) is 0.781. The minimum atomic E-state index is -0.325. The number of nitriles is 1. The number of aryl methyl sites for hydroxylation is 1. The van der Waals surface area contributed by atoms with Gasteiger partial charge in [-0.3, -0.25) is 0 Å². The third kappa shape index (κ3) is 2.45. The van der Waals surface area contributed by atoms with Gasteiger partial charge < -0.3 is 0 Å². The molecule has 18 heavy (non-hydrogen) atoms. The summed E-state index contributed by atoms with van der Waals surface area (Å²) < 4.78 is 13.5. The van der Waals surface area contributed by atoms with Gasteiger partial charge in [-0.25, -0.2) is 4.39 Å². The second-order valence-electron chi connectivity index (χ2n) is 3.74. The third-order valence-electron chi connectivity index (χ3n) is 2.52. The fourth-order valence-corrected chi connectivity index (χ4v) is 2.55. The van der Waals surface area contributed by atoms with E-state index in [9.17, 15) is 9.65 Å². The first-order chi connectivity index (χ1) is 8.63. The Morgan fingerprint density at radius 1 is 1.39 bits per heavy atom. The van der Waals surface area contributed by atoms with Gasteiger partial charge in [0.05, 0.1) is 10.6 Å². The molecule has 0 N–H and O–H groups in total. The van der Waals surface area contributed by atoms with Gasteiger partial charge in [-0.05, 0) is 35.6 Å². The van der Waals surface area contributed by atoms with E-state index in [1.165, 1.54) is 17.4 Å². The zero-order valence-corrected chi connectivity index (χ0v) is 11.1. The molecule has 0 saturated carbocycles. The topological polar surface area (TPSA) is 23.8 Å². The van der Waals surface area contributed by atoms with Crippen LogP contribution in [0.4, 0.5) is 4.39 Å². The maximum absolute atomic E-state index is 13.5. The van der Waals surface area contributed by atoms with E-state index in [0.29, 0.717) is 16.7 Å². The molecular weight excluding hydrogens is 269 g/mol. The van der Waals surface area contributed by atoms with Crippen LogP contribution in [0.2, 0.25) is 0 Å². The summed E-state index contributed by atoms with van der Waals surface area (Å²) in [7, 11) is 0. The summed E-state index contributed by atoms with van der Waals surface area (Å²) in [5.41, 5.74) is 1.44. The summed E-state index contributed by atoms with van der Waals surface area (Å²) in [6, 6.07) is 10.4. The maximum atomic E-state index is 13.5. The van der Waals surface area contributed by atoms with E-state index in [2.05, 4.69) is 6.07 Å². The quantitative estimate of drug-likeness (QED) is 0.722. The molecule has 0 aliphatic carbocycles. The molecule has 0 bridgehead atoms. The number of rotatable bonds is 2. The zero-order chi connectivity index (χ0) is 13.1. The van der Waals surface area contributed by atoms with Gasteiger partial charge in [-0.2, -0.15) is 5.26 Å². The molecule has 2 aromatic rings. The molecule has 1 aromatic carbocycles. The van der Waals surface area contributed by atoms with Crippen LogP contribution in [-0.4, -0.2) is 0 Å². The second-order valence-corrected chi connectivity index (χ2v) is 5.07. The summed E-state index contributed by atoms with van der Waals surface area (Å²) >= 11 is 7.61. The van der Waals surface area contributed by atoms with Crippen LogP contribution in [0.1, 0.15) is 16.0 Å². The van der Waals surface area contributed by atoms with Gasteiger partial charge in [0.15, 0.2) is 0 Å². The summed E-state index contributed by atoms with van der Waals surface area (Å²) in [6.45, 7) is 1.68. The molecule has 0 fully saturated rings. The van der Waals surface area contributed by atoms with Crippen LogP contribution in [-0.2, 0) is 0 Å². The van der Waals surface area contributed by atoms with Crippen molar-refractivity contribution in [1.82, 2.24) is 0 Å². The Kier molecular flexibility index (Phi) is 3.81. The monoisotopic (exact) mass is 277 g/mol. The number of benzene rings is 1. The van der Waals surface area contributed by atoms with E-state index in [4.69, 9.17) is 11.6 Å². The maximum Gasteiger partial charge on any atom is 0.126 e. The Morgan fingerprint density at radius 2 is 2.17 bits per heavy atom. The van der Waals surface area contributed by atoms with E-state index in [1.54, 1.807) is 19.1 Å². The molecule has 0 spiro atoms. The van der Waals surface area contributed by atoms with Crippen molar-refractivity contribution in [2.75, 3.05) is 0 Å². The van der Waals surface area contributed by atoms with Crippen molar-refractivity contribution in [1.29, 1.82) is 5.26 Å². The third-order valence-corrected chi connectivity index (χ3v) is 3.82. The average Bonchev–Trinajstić information content (AvgIpc) is 2.87. The SMILES string of the molecule is Cc1ccc(C(Cl)=C(C#N)c2cccs2)cc1F. The van der Waals surface area contributed by atoms with Gasteiger partial charge >= 0.3 is 0 Å². The van der Waals surface area contributed by atoms with Crippen molar-refractivity contribution in [2.24, 2.45) is 0 Å². The number of thiophene rings is 1. The highest BCUT2D eigenvalue weighted by molar-refractivity contribution is 7.11. The molecule has 1 nitrogen and oxygen atoms in total. The van der Waals surface area contributed by atoms with Crippen molar-refractivity contribution in [2.45, 2.75) is 6.92 Å². The van der Waals surface area contributed by atoms with Crippen molar-refractivity contribution in [3.05, 3.63) is 57.5 Å². The van der Waals surface area contributed by atoms with Crippen LogP contribution >= 0.6 is 22.9 Å². The molecule has 1 heterocycles. The van der Waals surface area contributed by atoms with Crippen LogP contribution in [0.3, 0.4) is 0 Å². The van der Waals surface area contributed by atoms with Gasteiger partial charge in [-0.15, -0.1) is 11.3 Å². The van der Waals surface area contributed by atoms with Gasteiger partial charge in [-0.1, -0.05) is 29.8 Å². The Balaban J connectivity index is 2.54.